The Balaban J connectivity index is 1.34. The Morgan fingerprint density at radius 3 is 1.33 bits per heavy atom. The summed E-state index contributed by atoms with van der Waals surface area (Å²) in [6, 6.07) is 7.23. The van der Waals surface area contributed by atoms with Crippen LogP contribution in [-0.4, -0.2) is 26.2 Å². The maximum Gasteiger partial charge on any atom is 0.151 e. The molecule has 0 atom stereocenters. The summed E-state index contributed by atoms with van der Waals surface area (Å²) >= 11 is 0. The second-order valence-electron chi connectivity index (χ2n) is 8.87. The van der Waals surface area contributed by atoms with Crippen LogP contribution in [0.15, 0.2) is 24.3 Å². The van der Waals surface area contributed by atoms with Crippen LogP contribution in [0.1, 0.15) is 36.8 Å². The van der Waals surface area contributed by atoms with Gasteiger partial charge in [-0.2, -0.15) is 0 Å². The third-order valence-corrected chi connectivity index (χ3v) is 7.20. The maximum atomic E-state index is 14.2. The zero-order chi connectivity index (χ0) is 21.4. The highest BCUT2D eigenvalue weighted by Gasteiger charge is 2.31. The lowest BCUT2D eigenvalue weighted by atomic mass is 9.78. The van der Waals surface area contributed by atoms with Crippen molar-refractivity contribution >= 4 is 22.7 Å². The van der Waals surface area contributed by atoms with Crippen LogP contribution in [0.4, 0.5) is 31.5 Å². The molecule has 4 nitrogen and oxygen atoms in total. The summed E-state index contributed by atoms with van der Waals surface area (Å²) in [7, 11) is 0. The highest BCUT2D eigenvalue weighted by Crippen LogP contribution is 2.37. The second kappa shape index (κ2) is 8.32. The van der Waals surface area contributed by atoms with E-state index < -0.39 is 0 Å². The third-order valence-electron chi connectivity index (χ3n) is 7.20. The summed E-state index contributed by atoms with van der Waals surface area (Å²) in [6.07, 6.45) is 4.52. The van der Waals surface area contributed by atoms with Gasteiger partial charge >= 0.3 is 0 Å². The molecule has 0 aliphatic carbocycles. The van der Waals surface area contributed by atoms with Gasteiger partial charge in [-0.05, 0) is 75.6 Å². The third kappa shape index (κ3) is 3.80. The van der Waals surface area contributed by atoms with E-state index in [0.29, 0.717) is 23.0 Å². The summed E-state index contributed by atoms with van der Waals surface area (Å²) in [6.45, 7) is 7.44. The molecule has 0 unspecified atom stereocenters. The van der Waals surface area contributed by atoms with E-state index >= 15 is 0 Å². The van der Waals surface area contributed by atoms with Crippen molar-refractivity contribution in [1.29, 1.82) is 0 Å². The molecule has 30 heavy (non-hydrogen) atoms. The number of anilines is 4. The fraction of sp³-hybridized carbons (Fsp3) is 0.500. The zero-order valence-electron chi connectivity index (χ0n) is 17.9. The number of piperidine rings is 2. The molecule has 0 radical (unpaired) electrons. The van der Waals surface area contributed by atoms with Crippen molar-refractivity contribution in [3.05, 3.63) is 47.0 Å². The van der Waals surface area contributed by atoms with Gasteiger partial charge in [0.05, 0.1) is 11.4 Å². The van der Waals surface area contributed by atoms with E-state index in [1.807, 2.05) is 26.0 Å². The fourth-order valence-corrected chi connectivity index (χ4v) is 5.30. The fourth-order valence-electron chi connectivity index (χ4n) is 5.30. The summed E-state index contributed by atoms with van der Waals surface area (Å²) in [5.74, 6) is 0.811. The van der Waals surface area contributed by atoms with Crippen molar-refractivity contribution in [2.45, 2.75) is 39.5 Å². The second-order valence-corrected chi connectivity index (χ2v) is 8.87. The Morgan fingerprint density at radius 2 is 1.00 bits per heavy atom. The molecular weight excluding hydrogens is 382 g/mol. The van der Waals surface area contributed by atoms with Crippen molar-refractivity contribution in [2.75, 3.05) is 47.4 Å². The minimum atomic E-state index is -0.295. The number of halogens is 2. The van der Waals surface area contributed by atoms with Gasteiger partial charge < -0.3 is 21.3 Å². The van der Waals surface area contributed by atoms with Gasteiger partial charge in [0.15, 0.2) is 11.6 Å². The van der Waals surface area contributed by atoms with Gasteiger partial charge in [0, 0.05) is 48.7 Å². The van der Waals surface area contributed by atoms with Crippen LogP contribution in [0.2, 0.25) is 0 Å². The van der Waals surface area contributed by atoms with E-state index in [1.54, 1.807) is 12.1 Å². The van der Waals surface area contributed by atoms with Crippen molar-refractivity contribution < 1.29 is 8.78 Å². The molecular formula is C24H32F2N4. The van der Waals surface area contributed by atoms with Crippen LogP contribution in [0, 0.1) is 37.3 Å². The van der Waals surface area contributed by atoms with Crippen LogP contribution in [-0.2, 0) is 0 Å². The number of nitrogen functional groups attached to an aromatic ring is 2. The Hall–Kier alpha value is -2.50. The molecule has 2 aliphatic rings. The minimum Gasteiger partial charge on any atom is -0.396 e. The van der Waals surface area contributed by atoms with Gasteiger partial charge in [-0.15, -0.1) is 0 Å². The molecule has 0 bridgehead atoms. The average Bonchev–Trinajstić information content (AvgIpc) is 2.77. The molecule has 162 valence electrons. The van der Waals surface area contributed by atoms with E-state index in [2.05, 4.69) is 9.80 Å². The van der Waals surface area contributed by atoms with E-state index in [0.717, 1.165) is 63.2 Å². The van der Waals surface area contributed by atoms with Gasteiger partial charge in [-0.3, -0.25) is 0 Å². The highest BCUT2D eigenvalue weighted by atomic mass is 19.1. The first-order valence-corrected chi connectivity index (χ1v) is 11.0. The van der Waals surface area contributed by atoms with Gasteiger partial charge in [0.1, 0.15) is 0 Å². The Morgan fingerprint density at radius 1 is 0.667 bits per heavy atom. The number of nitrogens with two attached hydrogens (primary N) is 2. The standard InChI is InChI=1S/C24H32F2N4/c1-15-21(5-3-19(27)23(15)25)29-11-7-17(8-12-29)18-9-13-30(14-10-18)22-6-4-20(28)24(26)16(22)2/h3-6,17-18H,7-14,27-28H2,1-2H3. The van der Waals surface area contributed by atoms with Crippen LogP contribution in [0.25, 0.3) is 0 Å². The Labute approximate surface area is 177 Å². The number of hydrogen-bond acceptors (Lipinski definition) is 4. The molecule has 6 heteroatoms. The number of hydrogen-bond donors (Lipinski definition) is 2. The molecule has 2 aromatic rings. The lowest BCUT2D eigenvalue weighted by Gasteiger charge is -2.42. The number of nitrogens with zero attached hydrogens (tertiary/aromatic N) is 2. The number of benzene rings is 2. The smallest absolute Gasteiger partial charge is 0.151 e. The van der Waals surface area contributed by atoms with Crippen molar-refractivity contribution in [3.63, 3.8) is 0 Å². The van der Waals surface area contributed by atoms with Crippen molar-refractivity contribution in [2.24, 2.45) is 11.8 Å². The first kappa shape index (κ1) is 20.8. The van der Waals surface area contributed by atoms with Crippen molar-refractivity contribution in [3.8, 4) is 0 Å². The summed E-state index contributed by atoms with van der Waals surface area (Å²) < 4.78 is 28.4. The molecule has 0 aromatic heterocycles. The molecule has 2 heterocycles. The van der Waals surface area contributed by atoms with E-state index in [9.17, 15) is 8.78 Å². The van der Waals surface area contributed by atoms with Crippen LogP contribution < -0.4 is 21.3 Å². The topological polar surface area (TPSA) is 58.5 Å². The first-order valence-electron chi connectivity index (χ1n) is 11.0. The SMILES string of the molecule is Cc1c(N2CCC(C3CCN(c4ccc(N)c(F)c4C)CC3)CC2)ccc(N)c1F. The zero-order valence-corrected chi connectivity index (χ0v) is 17.9. The van der Waals surface area contributed by atoms with Gasteiger partial charge in [-0.1, -0.05) is 0 Å². The Bertz CT molecular complexity index is 838. The largest absolute Gasteiger partial charge is 0.396 e. The van der Waals surface area contributed by atoms with Crippen LogP contribution in [0.5, 0.6) is 0 Å². The van der Waals surface area contributed by atoms with E-state index in [1.165, 1.54) is 0 Å². The van der Waals surface area contributed by atoms with Gasteiger partial charge in [0.25, 0.3) is 0 Å². The monoisotopic (exact) mass is 414 g/mol. The van der Waals surface area contributed by atoms with Crippen LogP contribution in [0.3, 0.4) is 0 Å². The van der Waals surface area contributed by atoms with Crippen LogP contribution >= 0.6 is 0 Å². The highest BCUT2D eigenvalue weighted by molar-refractivity contribution is 5.61. The maximum absolute atomic E-state index is 14.2. The minimum absolute atomic E-state index is 0.217. The van der Waals surface area contributed by atoms with Gasteiger partial charge in [-0.25, -0.2) is 8.78 Å². The average molecular weight is 415 g/mol. The van der Waals surface area contributed by atoms with Crippen molar-refractivity contribution in [1.82, 2.24) is 0 Å². The molecule has 2 fully saturated rings. The Kier molecular flexibility index (Phi) is 5.76. The quantitative estimate of drug-likeness (QED) is 0.703. The normalized spacial score (nSPS) is 18.8. The summed E-state index contributed by atoms with van der Waals surface area (Å²) in [4.78, 5) is 4.59. The molecule has 2 saturated heterocycles. The molecule has 4 N–H and O–H groups in total. The number of rotatable bonds is 3. The lowest BCUT2D eigenvalue weighted by molar-refractivity contribution is 0.233. The molecule has 0 spiro atoms. The predicted molar refractivity (Wildman–Crippen MR) is 121 cm³/mol. The summed E-state index contributed by atoms with van der Waals surface area (Å²) in [5.41, 5.74) is 15.0. The molecule has 0 saturated carbocycles. The molecule has 4 rings (SSSR count). The summed E-state index contributed by atoms with van der Waals surface area (Å²) in [5, 5.41) is 0. The van der Waals surface area contributed by atoms with E-state index in [4.69, 9.17) is 11.5 Å². The molecule has 0 amide bonds. The first-order chi connectivity index (χ1) is 14.4. The van der Waals surface area contributed by atoms with Gasteiger partial charge in [0.2, 0.25) is 0 Å². The lowest BCUT2D eigenvalue weighted by Crippen LogP contribution is -2.41. The molecule has 2 aliphatic heterocycles. The molecule has 2 aromatic carbocycles. The van der Waals surface area contributed by atoms with E-state index in [-0.39, 0.29) is 23.0 Å². The predicted octanol–water partition coefficient (Wildman–Crippen LogP) is 4.88.